The number of rotatable bonds is 4. The fraction of sp³-hybridized carbons (Fsp3) is 0.600. The van der Waals surface area contributed by atoms with Gasteiger partial charge in [0, 0.05) is 5.92 Å². The van der Waals surface area contributed by atoms with Crippen molar-refractivity contribution in [2.75, 3.05) is 6.61 Å². The number of carbonyl (C=O) groups excluding carboxylic acids is 2. The first-order valence-electron chi connectivity index (χ1n) is 9.42. The Bertz CT molecular complexity index is 723. The van der Waals surface area contributed by atoms with Crippen LogP contribution in [0, 0.1) is 29.6 Å². The van der Waals surface area contributed by atoms with Crippen molar-refractivity contribution in [2.45, 2.75) is 37.9 Å². The highest BCUT2D eigenvalue weighted by atomic mass is 16.6. The number of fused-ring (bicyclic) bond motifs is 5. The van der Waals surface area contributed by atoms with Gasteiger partial charge in [-0.05, 0) is 55.6 Å². The van der Waals surface area contributed by atoms with Gasteiger partial charge in [-0.2, -0.15) is 0 Å². The molecule has 3 aliphatic carbocycles. The summed E-state index contributed by atoms with van der Waals surface area (Å²) < 4.78 is 21.8. The van der Waals surface area contributed by atoms with Gasteiger partial charge in [-0.15, -0.1) is 0 Å². The van der Waals surface area contributed by atoms with Crippen LogP contribution in [0.3, 0.4) is 0 Å². The van der Waals surface area contributed by atoms with Crippen molar-refractivity contribution in [3.8, 4) is 0 Å². The lowest BCUT2D eigenvalue weighted by Gasteiger charge is -2.29. The quantitative estimate of drug-likeness (QED) is 0.771. The minimum absolute atomic E-state index is 0.291. The minimum Gasteiger partial charge on any atom is -0.500 e. The molecule has 5 rings (SSSR count). The highest BCUT2D eigenvalue weighted by Gasteiger charge is 2.59. The molecule has 0 aromatic carbocycles. The predicted molar refractivity (Wildman–Crippen MR) is 88.8 cm³/mol. The Balaban J connectivity index is 1.35. The third kappa shape index (κ3) is 2.54. The van der Waals surface area contributed by atoms with E-state index in [0.717, 1.165) is 6.42 Å². The molecule has 26 heavy (non-hydrogen) atoms. The maximum absolute atomic E-state index is 12.5. The van der Waals surface area contributed by atoms with Crippen molar-refractivity contribution >= 4 is 11.9 Å². The van der Waals surface area contributed by atoms with Crippen LogP contribution >= 0.6 is 0 Å². The molecule has 1 aliphatic heterocycles. The molecular formula is C20H22O6. The second-order valence-electron chi connectivity index (χ2n) is 7.94. The fourth-order valence-electron chi connectivity index (χ4n) is 5.56. The van der Waals surface area contributed by atoms with Crippen molar-refractivity contribution in [1.29, 1.82) is 0 Å². The van der Waals surface area contributed by atoms with E-state index in [9.17, 15) is 9.59 Å². The van der Waals surface area contributed by atoms with Crippen LogP contribution in [0.5, 0.6) is 0 Å². The molecule has 0 amide bonds. The van der Waals surface area contributed by atoms with Crippen LogP contribution in [0.25, 0.3) is 0 Å². The maximum atomic E-state index is 12.5. The van der Waals surface area contributed by atoms with E-state index in [1.54, 1.807) is 12.1 Å². The third-order valence-corrected chi connectivity index (χ3v) is 6.66. The molecule has 6 heteroatoms. The summed E-state index contributed by atoms with van der Waals surface area (Å²) >= 11 is 0. The Morgan fingerprint density at radius 3 is 2.77 bits per heavy atom. The van der Waals surface area contributed by atoms with Crippen molar-refractivity contribution in [3.05, 3.63) is 36.5 Å². The molecule has 2 bridgehead atoms. The summed E-state index contributed by atoms with van der Waals surface area (Å²) in [5.41, 5.74) is 0.397. The van der Waals surface area contributed by atoms with Crippen LogP contribution in [0.4, 0.5) is 0 Å². The van der Waals surface area contributed by atoms with E-state index >= 15 is 0 Å². The van der Waals surface area contributed by atoms with Crippen molar-refractivity contribution < 1.29 is 28.2 Å². The highest BCUT2D eigenvalue weighted by molar-refractivity contribution is 5.89. The van der Waals surface area contributed by atoms with Crippen LogP contribution in [0.1, 0.15) is 36.0 Å². The largest absolute Gasteiger partial charge is 0.500 e. The number of hydrogen-bond acceptors (Lipinski definition) is 6. The molecule has 0 spiro atoms. The van der Waals surface area contributed by atoms with Gasteiger partial charge in [0.05, 0.1) is 18.1 Å². The van der Waals surface area contributed by atoms with E-state index < -0.39 is 5.97 Å². The smallest absolute Gasteiger partial charge is 0.341 e. The zero-order chi connectivity index (χ0) is 17.7. The molecule has 6 nitrogen and oxygen atoms in total. The molecule has 0 N–H and O–H groups in total. The van der Waals surface area contributed by atoms with E-state index in [4.69, 9.17) is 18.6 Å². The summed E-state index contributed by atoms with van der Waals surface area (Å²) in [7, 11) is 0. The molecule has 7 atom stereocenters. The summed E-state index contributed by atoms with van der Waals surface area (Å²) in [4.78, 5) is 24.9. The molecule has 3 fully saturated rings. The molecule has 138 valence electrons. The van der Waals surface area contributed by atoms with Crippen LogP contribution in [0.15, 0.2) is 35.3 Å². The van der Waals surface area contributed by atoms with Crippen molar-refractivity contribution in [2.24, 2.45) is 29.6 Å². The second-order valence-corrected chi connectivity index (χ2v) is 7.94. The average molecular weight is 358 g/mol. The van der Waals surface area contributed by atoms with E-state index in [1.165, 1.54) is 38.1 Å². The standard InChI is InChI=1S/C20H22O6/c21-19(13-3-5-23-9-13)25-16-8-15-11-1-2-12(7-11)17(15)18(16)26-20(22)14-4-6-24-10-14/h3-6,10-13,15-18H,1-2,7-9H2. The van der Waals surface area contributed by atoms with Gasteiger partial charge < -0.3 is 18.6 Å². The summed E-state index contributed by atoms with van der Waals surface area (Å²) in [5.74, 6) is 0.987. The van der Waals surface area contributed by atoms with Gasteiger partial charge in [-0.1, -0.05) is 0 Å². The maximum Gasteiger partial charge on any atom is 0.341 e. The second kappa shape index (κ2) is 6.18. The first kappa shape index (κ1) is 16.0. The molecule has 4 aliphatic rings. The van der Waals surface area contributed by atoms with Gasteiger partial charge in [0.1, 0.15) is 31.0 Å². The third-order valence-electron chi connectivity index (χ3n) is 6.66. The summed E-state index contributed by atoms with van der Waals surface area (Å²) in [6, 6.07) is 1.59. The molecule has 0 radical (unpaired) electrons. The lowest BCUT2D eigenvalue weighted by Crippen LogP contribution is -2.38. The van der Waals surface area contributed by atoms with Crippen molar-refractivity contribution in [1.82, 2.24) is 0 Å². The normalized spacial score (nSPS) is 39.6. The number of furan rings is 1. The number of carbonyl (C=O) groups is 2. The van der Waals surface area contributed by atoms with Gasteiger partial charge in [0.15, 0.2) is 0 Å². The van der Waals surface area contributed by atoms with Crippen LogP contribution in [-0.4, -0.2) is 30.8 Å². The number of hydrogen-bond donors (Lipinski definition) is 0. The highest BCUT2D eigenvalue weighted by Crippen LogP contribution is 2.60. The van der Waals surface area contributed by atoms with Gasteiger partial charge in [0.25, 0.3) is 0 Å². The lowest BCUT2D eigenvalue weighted by atomic mass is 9.81. The molecule has 1 aromatic heterocycles. The first-order chi connectivity index (χ1) is 12.7. The summed E-state index contributed by atoms with van der Waals surface area (Å²) in [6.45, 7) is 0.323. The van der Waals surface area contributed by atoms with E-state index in [2.05, 4.69) is 0 Å². The molecular weight excluding hydrogens is 336 g/mol. The van der Waals surface area contributed by atoms with Gasteiger partial charge in [0.2, 0.25) is 0 Å². The number of ether oxygens (including phenoxy) is 3. The van der Waals surface area contributed by atoms with Gasteiger partial charge >= 0.3 is 11.9 Å². The average Bonchev–Trinajstić information content (AvgIpc) is 3.42. The molecule has 7 unspecified atom stereocenters. The first-order valence-corrected chi connectivity index (χ1v) is 9.42. The lowest BCUT2D eigenvalue weighted by molar-refractivity contribution is -0.158. The topological polar surface area (TPSA) is 75.0 Å². The van der Waals surface area contributed by atoms with Gasteiger partial charge in [-0.25, -0.2) is 4.79 Å². The Hall–Kier alpha value is -2.24. The molecule has 1 aromatic rings. The monoisotopic (exact) mass is 358 g/mol. The molecule has 0 saturated heterocycles. The van der Waals surface area contributed by atoms with Crippen LogP contribution in [-0.2, 0) is 19.0 Å². The Morgan fingerprint density at radius 1 is 1.12 bits per heavy atom. The van der Waals surface area contributed by atoms with Crippen LogP contribution in [0.2, 0.25) is 0 Å². The van der Waals surface area contributed by atoms with E-state index in [-0.39, 0.29) is 24.1 Å². The Morgan fingerprint density at radius 2 is 2.00 bits per heavy atom. The predicted octanol–water partition coefficient (Wildman–Crippen LogP) is 2.94. The van der Waals surface area contributed by atoms with E-state index in [1.807, 2.05) is 0 Å². The molecule has 3 saturated carbocycles. The number of esters is 2. The van der Waals surface area contributed by atoms with Crippen molar-refractivity contribution in [3.63, 3.8) is 0 Å². The zero-order valence-corrected chi connectivity index (χ0v) is 14.4. The zero-order valence-electron chi connectivity index (χ0n) is 14.4. The minimum atomic E-state index is -0.405. The van der Waals surface area contributed by atoms with Crippen LogP contribution < -0.4 is 0 Å². The summed E-state index contributed by atoms with van der Waals surface area (Å²) in [6.07, 6.45) is 9.79. The Labute approximate surface area is 151 Å². The fourth-order valence-corrected chi connectivity index (χ4v) is 5.56. The Kier molecular flexibility index (Phi) is 3.80. The van der Waals surface area contributed by atoms with Gasteiger partial charge in [-0.3, -0.25) is 4.79 Å². The summed E-state index contributed by atoms with van der Waals surface area (Å²) in [5, 5.41) is 0. The molecule has 2 heterocycles. The SMILES string of the molecule is O=C(OC1C(OC(=O)C2C=COC2)CC2C3CCC(C3)C21)c1ccoc1. The van der Waals surface area contributed by atoms with E-state index in [0.29, 0.717) is 35.8 Å².